The third-order valence-corrected chi connectivity index (χ3v) is 6.06. The number of likely N-dealkylation sites (tertiary alicyclic amines) is 1. The Kier molecular flexibility index (Phi) is 4.31. The summed E-state index contributed by atoms with van der Waals surface area (Å²) in [6.45, 7) is 1.74. The summed E-state index contributed by atoms with van der Waals surface area (Å²) in [5, 5.41) is 0. The number of carbonyl (C=O) groups excluding carboxylic acids is 1. The van der Waals surface area contributed by atoms with Crippen molar-refractivity contribution in [1.29, 1.82) is 0 Å². The Morgan fingerprint density at radius 2 is 1.62 bits per heavy atom. The molecule has 1 amide bonds. The fraction of sp³-hybridized carbons (Fsp3) is 0.250. The molecule has 4 nitrogen and oxygen atoms in total. The van der Waals surface area contributed by atoms with E-state index in [1.165, 1.54) is 12.1 Å². The first-order valence-corrected chi connectivity index (χ1v) is 9.95. The first-order valence-electron chi connectivity index (χ1n) is 9.95. The van der Waals surface area contributed by atoms with Crippen molar-refractivity contribution >= 4 is 5.91 Å². The molecule has 5 heteroatoms. The van der Waals surface area contributed by atoms with Gasteiger partial charge in [0.2, 0.25) is 0 Å². The second-order valence-electron chi connectivity index (χ2n) is 7.94. The number of halogens is 1. The first-order chi connectivity index (χ1) is 14.1. The highest BCUT2D eigenvalue weighted by molar-refractivity contribution is 5.94. The van der Waals surface area contributed by atoms with Gasteiger partial charge in [0, 0.05) is 54.0 Å². The molecular weight excluding hydrogens is 367 g/mol. The van der Waals surface area contributed by atoms with Crippen LogP contribution in [0, 0.1) is 11.7 Å². The summed E-state index contributed by atoms with van der Waals surface area (Å²) in [5.74, 6) is -0.0512. The Morgan fingerprint density at radius 3 is 2.41 bits per heavy atom. The Labute approximate surface area is 168 Å². The molecular formula is C24H21FN2O2. The summed E-state index contributed by atoms with van der Waals surface area (Å²) in [7, 11) is 0. The highest BCUT2D eigenvalue weighted by Crippen LogP contribution is 2.40. The van der Waals surface area contributed by atoms with E-state index in [-0.39, 0.29) is 29.1 Å². The lowest BCUT2D eigenvalue weighted by Gasteiger charge is -2.43. The molecule has 0 radical (unpaired) electrons. The van der Waals surface area contributed by atoms with E-state index in [0.717, 1.165) is 17.7 Å². The topological polar surface area (TPSA) is 42.3 Å². The summed E-state index contributed by atoms with van der Waals surface area (Å²) < 4.78 is 16.3. The molecule has 2 atom stereocenters. The molecule has 146 valence electrons. The summed E-state index contributed by atoms with van der Waals surface area (Å²) in [5.41, 5.74) is 2.72. The van der Waals surface area contributed by atoms with Crippen LogP contribution in [0.5, 0.6) is 0 Å². The van der Waals surface area contributed by atoms with E-state index < -0.39 is 0 Å². The Hall–Kier alpha value is -3.21. The Morgan fingerprint density at radius 1 is 0.862 bits per heavy atom. The smallest absolute Gasteiger partial charge is 0.253 e. The van der Waals surface area contributed by atoms with E-state index in [9.17, 15) is 14.0 Å². The zero-order valence-electron chi connectivity index (χ0n) is 15.9. The molecule has 1 fully saturated rings. The molecule has 5 rings (SSSR count). The number of benzene rings is 2. The highest BCUT2D eigenvalue weighted by Gasteiger charge is 2.38. The van der Waals surface area contributed by atoms with Gasteiger partial charge >= 0.3 is 0 Å². The van der Waals surface area contributed by atoms with Gasteiger partial charge in [-0.3, -0.25) is 9.59 Å². The van der Waals surface area contributed by atoms with Crippen molar-refractivity contribution in [2.24, 2.45) is 5.92 Å². The van der Waals surface area contributed by atoms with Crippen molar-refractivity contribution < 1.29 is 9.18 Å². The van der Waals surface area contributed by atoms with Gasteiger partial charge in [-0.1, -0.05) is 36.4 Å². The van der Waals surface area contributed by atoms with Crippen molar-refractivity contribution in [3.8, 4) is 11.1 Å². The van der Waals surface area contributed by atoms with Crippen LogP contribution in [0.15, 0.2) is 71.5 Å². The molecule has 2 aliphatic heterocycles. The molecule has 2 bridgehead atoms. The number of rotatable bonds is 2. The van der Waals surface area contributed by atoms with Crippen LogP contribution < -0.4 is 5.56 Å². The minimum absolute atomic E-state index is 0.0127. The molecule has 0 N–H and O–H groups in total. The van der Waals surface area contributed by atoms with Crippen molar-refractivity contribution in [2.75, 3.05) is 13.1 Å². The van der Waals surface area contributed by atoms with Gasteiger partial charge in [-0.2, -0.15) is 0 Å². The van der Waals surface area contributed by atoms with E-state index in [0.29, 0.717) is 30.8 Å². The number of piperidine rings is 1. The van der Waals surface area contributed by atoms with Crippen molar-refractivity contribution in [2.45, 2.75) is 18.9 Å². The van der Waals surface area contributed by atoms with Gasteiger partial charge < -0.3 is 9.47 Å². The van der Waals surface area contributed by atoms with Crippen LogP contribution in [0.4, 0.5) is 4.39 Å². The second kappa shape index (κ2) is 6.99. The molecule has 0 spiro atoms. The van der Waals surface area contributed by atoms with Crippen molar-refractivity contribution in [1.82, 2.24) is 9.47 Å². The van der Waals surface area contributed by atoms with Crippen molar-refractivity contribution in [3.05, 3.63) is 94.2 Å². The second-order valence-corrected chi connectivity index (χ2v) is 7.94. The number of amides is 1. The predicted molar refractivity (Wildman–Crippen MR) is 109 cm³/mol. The van der Waals surface area contributed by atoms with Gasteiger partial charge in [0.25, 0.3) is 11.5 Å². The maximum atomic E-state index is 14.5. The summed E-state index contributed by atoms with van der Waals surface area (Å²) in [6.07, 6.45) is 0.906. The molecule has 29 heavy (non-hydrogen) atoms. The predicted octanol–water partition coefficient (Wildman–Crippen LogP) is 3.91. The fourth-order valence-corrected chi connectivity index (χ4v) is 4.85. The number of hydrogen-bond acceptors (Lipinski definition) is 2. The average Bonchev–Trinajstić information content (AvgIpc) is 2.75. The third kappa shape index (κ3) is 3.07. The quantitative estimate of drug-likeness (QED) is 0.668. The standard InChI is InChI=1S/C24H21FN2O2/c25-21-9-5-4-8-19(21)20-10-11-22(28)27-14-16-12-18(23(20)27)15-26(13-16)24(29)17-6-2-1-3-7-17/h1-11,16,18H,12-15H2/t16-,18-/m1/s1. The number of carbonyl (C=O) groups is 1. The summed E-state index contributed by atoms with van der Waals surface area (Å²) in [4.78, 5) is 27.5. The lowest BCUT2D eigenvalue weighted by molar-refractivity contribution is 0.0595. The number of nitrogens with zero attached hydrogens (tertiary/aromatic N) is 2. The zero-order valence-corrected chi connectivity index (χ0v) is 15.9. The molecule has 0 unspecified atom stereocenters. The molecule has 0 aliphatic carbocycles. The van der Waals surface area contributed by atoms with Crippen LogP contribution in [-0.4, -0.2) is 28.5 Å². The van der Waals surface area contributed by atoms with Gasteiger partial charge in [-0.15, -0.1) is 0 Å². The van der Waals surface area contributed by atoms with Crippen LogP contribution in [-0.2, 0) is 6.54 Å². The Bertz CT molecular complexity index is 1140. The number of hydrogen-bond donors (Lipinski definition) is 0. The molecule has 3 aromatic rings. The number of fused-ring (bicyclic) bond motifs is 4. The first kappa shape index (κ1) is 17.9. The lowest BCUT2D eigenvalue weighted by atomic mass is 9.80. The van der Waals surface area contributed by atoms with Gasteiger partial charge in [0.05, 0.1) is 0 Å². The molecule has 3 heterocycles. The van der Waals surface area contributed by atoms with Crippen LogP contribution >= 0.6 is 0 Å². The third-order valence-electron chi connectivity index (χ3n) is 6.06. The Balaban J connectivity index is 1.57. The molecule has 1 aromatic heterocycles. The van der Waals surface area contributed by atoms with E-state index in [1.54, 1.807) is 28.8 Å². The van der Waals surface area contributed by atoms with Gasteiger partial charge in [-0.25, -0.2) is 4.39 Å². The van der Waals surface area contributed by atoms with Crippen molar-refractivity contribution in [3.63, 3.8) is 0 Å². The zero-order chi connectivity index (χ0) is 20.0. The highest BCUT2D eigenvalue weighted by atomic mass is 19.1. The number of pyridine rings is 1. The van der Waals surface area contributed by atoms with E-state index in [2.05, 4.69) is 0 Å². The van der Waals surface area contributed by atoms with Crippen LogP contribution in [0.25, 0.3) is 11.1 Å². The van der Waals surface area contributed by atoms with Crippen LogP contribution in [0.3, 0.4) is 0 Å². The molecule has 1 saturated heterocycles. The van der Waals surface area contributed by atoms with Crippen LogP contribution in [0.1, 0.15) is 28.4 Å². The summed E-state index contributed by atoms with van der Waals surface area (Å²) >= 11 is 0. The average molecular weight is 388 g/mol. The minimum atomic E-state index is -0.302. The van der Waals surface area contributed by atoms with Gasteiger partial charge in [-0.05, 0) is 36.6 Å². The van der Waals surface area contributed by atoms with E-state index >= 15 is 0 Å². The monoisotopic (exact) mass is 388 g/mol. The summed E-state index contributed by atoms with van der Waals surface area (Å²) in [6, 6.07) is 19.2. The van der Waals surface area contributed by atoms with Gasteiger partial charge in [0.15, 0.2) is 0 Å². The number of aromatic nitrogens is 1. The fourth-order valence-electron chi connectivity index (χ4n) is 4.85. The maximum absolute atomic E-state index is 14.5. The molecule has 2 aliphatic rings. The largest absolute Gasteiger partial charge is 0.338 e. The molecule has 2 aromatic carbocycles. The minimum Gasteiger partial charge on any atom is -0.338 e. The van der Waals surface area contributed by atoms with Gasteiger partial charge in [0.1, 0.15) is 5.82 Å². The lowest BCUT2D eigenvalue weighted by Crippen LogP contribution is -2.49. The van der Waals surface area contributed by atoms with E-state index in [1.807, 2.05) is 35.2 Å². The van der Waals surface area contributed by atoms with Crippen LogP contribution in [0.2, 0.25) is 0 Å². The maximum Gasteiger partial charge on any atom is 0.253 e. The molecule has 0 saturated carbocycles. The normalized spacial score (nSPS) is 20.2. The van der Waals surface area contributed by atoms with E-state index in [4.69, 9.17) is 0 Å². The SMILES string of the molecule is O=C(c1ccccc1)N1C[C@H]2C[C@H](C1)c1c(-c3ccccc3F)ccc(=O)n1C2.